The van der Waals surface area contributed by atoms with Crippen molar-refractivity contribution >= 4 is 11.9 Å². The van der Waals surface area contributed by atoms with Crippen molar-refractivity contribution in [2.75, 3.05) is 26.7 Å². The number of aliphatic imine (C=N–C) groups is 1. The first kappa shape index (κ1) is 19.3. The molecule has 0 unspecified atom stereocenters. The van der Waals surface area contributed by atoms with Crippen LogP contribution in [0.1, 0.15) is 56.0 Å². The van der Waals surface area contributed by atoms with Crippen LogP contribution in [0.3, 0.4) is 0 Å². The zero-order valence-corrected chi connectivity index (χ0v) is 16.1. The molecule has 0 spiro atoms. The van der Waals surface area contributed by atoms with Crippen molar-refractivity contribution in [2.24, 2.45) is 10.4 Å². The summed E-state index contributed by atoms with van der Waals surface area (Å²) in [7, 11) is 1.83. The van der Waals surface area contributed by atoms with E-state index in [0.29, 0.717) is 17.5 Å². The average Bonchev–Trinajstić information content (AvgIpc) is 2.96. The summed E-state index contributed by atoms with van der Waals surface area (Å²) in [6, 6.07) is 7.78. The smallest absolute Gasteiger partial charge is 0.251 e. The second-order valence-electron chi connectivity index (χ2n) is 7.54. The molecule has 1 amide bonds. The molecule has 1 fully saturated rings. The van der Waals surface area contributed by atoms with Crippen molar-refractivity contribution in [2.45, 2.75) is 46.6 Å². The van der Waals surface area contributed by atoms with Crippen LogP contribution in [0.4, 0.5) is 0 Å². The minimum Gasteiger partial charge on any atom is -0.352 e. The number of guanidine groups is 1. The van der Waals surface area contributed by atoms with Gasteiger partial charge in [-0.05, 0) is 36.0 Å². The van der Waals surface area contributed by atoms with E-state index in [1.54, 1.807) is 0 Å². The van der Waals surface area contributed by atoms with E-state index in [1.807, 2.05) is 31.3 Å². The molecule has 5 nitrogen and oxygen atoms in total. The third-order valence-electron chi connectivity index (χ3n) is 4.67. The number of amides is 1. The molecule has 1 saturated heterocycles. The molecular formula is C20H32N4O. The van der Waals surface area contributed by atoms with Gasteiger partial charge in [0.1, 0.15) is 0 Å². The Bertz CT molecular complexity index is 592. The molecule has 1 aliphatic rings. The molecule has 2 N–H and O–H groups in total. The van der Waals surface area contributed by atoms with Crippen LogP contribution in [0.5, 0.6) is 0 Å². The molecule has 2 rings (SSSR count). The van der Waals surface area contributed by atoms with Crippen molar-refractivity contribution in [1.29, 1.82) is 0 Å². The Morgan fingerprint density at radius 2 is 1.96 bits per heavy atom. The van der Waals surface area contributed by atoms with Crippen LogP contribution in [0.25, 0.3) is 0 Å². The highest BCUT2D eigenvalue weighted by molar-refractivity contribution is 5.94. The molecule has 1 aromatic carbocycles. The maximum Gasteiger partial charge on any atom is 0.251 e. The van der Waals surface area contributed by atoms with Gasteiger partial charge in [0.2, 0.25) is 0 Å². The standard InChI is InChI=1S/C20H32N4O/c1-5-6-12-22-18(25)17-9-7-16(8-10-17)14-23-19(21-4)24-13-11-20(2,3)15-24/h7-10H,5-6,11-15H2,1-4H3,(H,21,23)(H,22,25). The van der Waals surface area contributed by atoms with Gasteiger partial charge in [0.25, 0.3) is 5.91 Å². The summed E-state index contributed by atoms with van der Waals surface area (Å²) < 4.78 is 0. The second kappa shape index (κ2) is 8.88. The Morgan fingerprint density at radius 3 is 2.52 bits per heavy atom. The van der Waals surface area contributed by atoms with E-state index in [0.717, 1.165) is 44.0 Å². The largest absolute Gasteiger partial charge is 0.352 e. The van der Waals surface area contributed by atoms with Crippen molar-refractivity contribution in [3.63, 3.8) is 0 Å². The number of carbonyl (C=O) groups is 1. The van der Waals surface area contributed by atoms with Crippen molar-refractivity contribution < 1.29 is 4.79 Å². The summed E-state index contributed by atoms with van der Waals surface area (Å²) in [6.45, 7) is 10.2. The first-order valence-electron chi connectivity index (χ1n) is 9.28. The van der Waals surface area contributed by atoms with Crippen LogP contribution >= 0.6 is 0 Å². The van der Waals surface area contributed by atoms with Gasteiger partial charge in [-0.15, -0.1) is 0 Å². The summed E-state index contributed by atoms with van der Waals surface area (Å²) >= 11 is 0. The third-order valence-corrected chi connectivity index (χ3v) is 4.67. The highest BCUT2D eigenvalue weighted by Gasteiger charge is 2.30. The SMILES string of the molecule is CCCCNC(=O)c1ccc(CNC(=NC)N2CCC(C)(C)C2)cc1. The van der Waals surface area contributed by atoms with E-state index in [9.17, 15) is 4.79 Å². The number of carbonyl (C=O) groups excluding carboxylic acids is 1. The lowest BCUT2D eigenvalue weighted by Crippen LogP contribution is -2.40. The fourth-order valence-corrected chi connectivity index (χ4v) is 3.06. The Hall–Kier alpha value is -2.04. The van der Waals surface area contributed by atoms with Gasteiger partial charge in [-0.25, -0.2) is 0 Å². The molecule has 1 aliphatic heterocycles. The van der Waals surface area contributed by atoms with E-state index >= 15 is 0 Å². The number of hydrogen-bond donors (Lipinski definition) is 2. The van der Waals surface area contributed by atoms with Crippen molar-refractivity contribution in [1.82, 2.24) is 15.5 Å². The van der Waals surface area contributed by atoms with Gasteiger partial charge in [-0.3, -0.25) is 9.79 Å². The monoisotopic (exact) mass is 344 g/mol. The zero-order chi connectivity index (χ0) is 18.3. The normalized spacial score (nSPS) is 16.8. The minimum absolute atomic E-state index is 0.00284. The maximum atomic E-state index is 12.0. The maximum absolute atomic E-state index is 12.0. The van der Waals surface area contributed by atoms with Crippen LogP contribution in [0.2, 0.25) is 0 Å². The van der Waals surface area contributed by atoms with Gasteiger partial charge >= 0.3 is 0 Å². The number of likely N-dealkylation sites (tertiary alicyclic amines) is 1. The minimum atomic E-state index is 0.00284. The number of unbranched alkanes of at least 4 members (excludes halogenated alkanes) is 1. The zero-order valence-electron chi connectivity index (χ0n) is 16.1. The van der Waals surface area contributed by atoms with Gasteiger partial charge < -0.3 is 15.5 Å². The Labute approximate surface area is 151 Å². The fraction of sp³-hybridized carbons (Fsp3) is 0.600. The predicted molar refractivity (Wildman–Crippen MR) is 104 cm³/mol. The second-order valence-corrected chi connectivity index (χ2v) is 7.54. The molecule has 0 radical (unpaired) electrons. The lowest BCUT2D eigenvalue weighted by Gasteiger charge is -2.23. The van der Waals surface area contributed by atoms with Crippen LogP contribution in [-0.4, -0.2) is 43.4 Å². The van der Waals surface area contributed by atoms with Gasteiger partial charge in [0.05, 0.1) is 0 Å². The van der Waals surface area contributed by atoms with Crippen LogP contribution < -0.4 is 10.6 Å². The number of rotatable bonds is 6. The number of hydrogen-bond acceptors (Lipinski definition) is 2. The number of nitrogens with zero attached hydrogens (tertiary/aromatic N) is 2. The van der Waals surface area contributed by atoms with E-state index in [-0.39, 0.29) is 5.91 Å². The summed E-state index contributed by atoms with van der Waals surface area (Å²) in [4.78, 5) is 18.7. The summed E-state index contributed by atoms with van der Waals surface area (Å²) in [5.41, 5.74) is 2.21. The molecule has 0 atom stereocenters. The van der Waals surface area contributed by atoms with E-state index < -0.39 is 0 Å². The highest BCUT2D eigenvalue weighted by atomic mass is 16.1. The van der Waals surface area contributed by atoms with Crippen molar-refractivity contribution in [3.8, 4) is 0 Å². The Morgan fingerprint density at radius 1 is 1.24 bits per heavy atom. The van der Waals surface area contributed by atoms with Crippen LogP contribution in [0, 0.1) is 5.41 Å². The lowest BCUT2D eigenvalue weighted by molar-refractivity contribution is 0.0953. The van der Waals surface area contributed by atoms with Gasteiger partial charge in [-0.1, -0.05) is 39.3 Å². The fourth-order valence-electron chi connectivity index (χ4n) is 3.06. The van der Waals surface area contributed by atoms with Crippen LogP contribution in [0.15, 0.2) is 29.3 Å². The van der Waals surface area contributed by atoms with E-state index in [4.69, 9.17) is 0 Å². The Balaban J connectivity index is 1.85. The van der Waals surface area contributed by atoms with E-state index in [2.05, 4.69) is 41.3 Å². The summed E-state index contributed by atoms with van der Waals surface area (Å²) in [5.74, 6) is 0.954. The molecule has 1 heterocycles. The summed E-state index contributed by atoms with van der Waals surface area (Å²) in [5, 5.41) is 6.37. The van der Waals surface area contributed by atoms with Gasteiger partial charge in [-0.2, -0.15) is 0 Å². The first-order chi connectivity index (χ1) is 11.9. The first-order valence-corrected chi connectivity index (χ1v) is 9.28. The van der Waals surface area contributed by atoms with Crippen molar-refractivity contribution in [3.05, 3.63) is 35.4 Å². The molecule has 0 aliphatic carbocycles. The quantitative estimate of drug-likeness (QED) is 0.474. The van der Waals surface area contributed by atoms with Crippen LogP contribution in [-0.2, 0) is 6.54 Å². The molecule has 25 heavy (non-hydrogen) atoms. The molecule has 0 aromatic heterocycles. The van der Waals surface area contributed by atoms with Gasteiger partial charge in [0, 0.05) is 38.8 Å². The molecule has 0 saturated carbocycles. The lowest BCUT2D eigenvalue weighted by atomic mass is 9.93. The summed E-state index contributed by atoms with van der Waals surface area (Å²) in [6.07, 6.45) is 3.29. The predicted octanol–water partition coefficient (Wildman–Crippen LogP) is 3.02. The number of nitrogens with one attached hydrogen (secondary N) is 2. The molecular weight excluding hydrogens is 312 g/mol. The molecule has 0 bridgehead atoms. The van der Waals surface area contributed by atoms with E-state index in [1.165, 1.54) is 6.42 Å². The molecule has 5 heteroatoms. The van der Waals surface area contributed by atoms with Gasteiger partial charge in [0.15, 0.2) is 5.96 Å². The topological polar surface area (TPSA) is 56.7 Å². The molecule has 1 aromatic rings. The average molecular weight is 345 g/mol. The third kappa shape index (κ3) is 5.76. The molecule has 138 valence electrons. The Kier molecular flexibility index (Phi) is 6.85. The highest BCUT2D eigenvalue weighted by Crippen LogP contribution is 2.28. The number of benzene rings is 1.